The molecule has 0 spiro atoms. The lowest BCUT2D eigenvalue weighted by Crippen LogP contribution is -2.43. The van der Waals surface area contributed by atoms with E-state index in [-0.39, 0.29) is 12.2 Å². The van der Waals surface area contributed by atoms with Gasteiger partial charge in [-0.15, -0.1) is 0 Å². The van der Waals surface area contributed by atoms with Crippen LogP contribution < -0.4 is 5.32 Å². The van der Waals surface area contributed by atoms with Crippen LogP contribution in [0.15, 0.2) is 12.1 Å². The molecule has 2 heterocycles. The Hall–Kier alpha value is -1.10. The highest BCUT2D eigenvalue weighted by molar-refractivity contribution is 5.47. The molecular formula is C24H38N2O2. The molecule has 4 heteroatoms. The van der Waals surface area contributed by atoms with Crippen molar-refractivity contribution in [2.75, 3.05) is 33.2 Å². The molecule has 28 heavy (non-hydrogen) atoms. The van der Waals surface area contributed by atoms with Crippen molar-refractivity contribution in [3.8, 4) is 5.75 Å². The number of piperidine rings is 1. The smallest absolute Gasteiger partial charge is 0.122 e. The lowest BCUT2D eigenvalue weighted by molar-refractivity contribution is -0.0677. The maximum Gasteiger partial charge on any atom is 0.122 e. The zero-order valence-electron chi connectivity index (χ0n) is 17.8. The summed E-state index contributed by atoms with van der Waals surface area (Å²) in [6.07, 6.45) is 10.8. The summed E-state index contributed by atoms with van der Waals surface area (Å²) in [5.41, 5.74) is 3.27. The molecule has 2 fully saturated rings. The van der Waals surface area contributed by atoms with Crippen LogP contribution in [0, 0.1) is 18.8 Å². The number of fused-ring (bicyclic) bond motifs is 1. The summed E-state index contributed by atoms with van der Waals surface area (Å²) < 4.78 is 6.58. The Balaban J connectivity index is 1.39. The van der Waals surface area contributed by atoms with Gasteiger partial charge in [0.2, 0.25) is 0 Å². The normalized spacial score (nSPS) is 27.6. The van der Waals surface area contributed by atoms with Crippen molar-refractivity contribution in [1.29, 1.82) is 0 Å². The number of aryl methyl sites for hydroxylation is 1. The maximum atomic E-state index is 10.7. The lowest BCUT2D eigenvalue weighted by atomic mass is 9.82. The third-order valence-corrected chi connectivity index (χ3v) is 7.40. The number of hydrogen-bond acceptors (Lipinski definition) is 4. The van der Waals surface area contributed by atoms with Crippen LogP contribution in [0.4, 0.5) is 0 Å². The van der Waals surface area contributed by atoms with Gasteiger partial charge in [0.05, 0.1) is 12.2 Å². The van der Waals surface area contributed by atoms with E-state index >= 15 is 0 Å². The monoisotopic (exact) mass is 386 g/mol. The van der Waals surface area contributed by atoms with E-state index in [1.165, 1.54) is 70.1 Å². The van der Waals surface area contributed by atoms with Gasteiger partial charge >= 0.3 is 0 Å². The second-order valence-corrected chi connectivity index (χ2v) is 9.37. The molecule has 0 unspecified atom stereocenters. The fourth-order valence-corrected chi connectivity index (χ4v) is 5.68. The maximum absolute atomic E-state index is 10.7. The molecule has 2 atom stereocenters. The highest BCUT2D eigenvalue weighted by Gasteiger charge is 2.35. The fourth-order valence-electron chi connectivity index (χ4n) is 5.68. The van der Waals surface area contributed by atoms with Crippen LogP contribution >= 0.6 is 0 Å². The topological polar surface area (TPSA) is 44.7 Å². The van der Waals surface area contributed by atoms with Crippen molar-refractivity contribution in [3.63, 3.8) is 0 Å². The summed E-state index contributed by atoms with van der Waals surface area (Å²) in [4.78, 5) is 2.70. The lowest BCUT2D eigenvalue weighted by Gasteiger charge is -2.41. The van der Waals surface area contributed by atoms with Crippen LogP contribution in [0.25, 0.3) is 0 Å². The Morgan fingerprint density at radius 2 is 1.86 bits per heavy atom. The van der Waals surface area contributed by atoms with Crippen LogP contribution in [0.1, 0.15) is 67.7 Å². The number of benzene rings is 1. The Morgan fingerprint density at radius 1 is 1.11 bits per heavy atom. The van der Waals surface area contributed by atoms with Gasteiger partial charge < -0.3 is 20.1 Å². The molecule has 1 aromatic carbocycles. The third-order valence-electron chi connectivity index (χ3n) is 7.40. The number of rotatable bonds is 5. The van der Waals surface area contributed by atoms with E-state index in [0.29, 0.717) is 11.7 Å². The minimum Gasteiger partial charge on any atom is -0.507 e. The van der Waals surface area contributed by atoms with Crippen LogP contribution in [0.5, 0.6) is 5.75 Å². The molecule has 3 aliphatic rings. The molecule has 1 saturated carbocycles. The number of nitrogens with one attached hydrogen (secondary N) is 1. The fraction of sp³-hybridized carbons (Fsp3) is 0.750. The van der Waals surface area contributed by atoms with Gasteiger partial charge in [0, 0.05) is 25.1 Å². The van der Waals surface area contributed by atoms with Gasteiger partial charge in [-0.1, -0.05) is 31.4 Å². The first-order chi connectivity index (χ1) is 13.7. The van der Waals surface area contributed by atoms with Crippen molar-refractivity contribution in [3.05, 3.63) is 28.8 Å². The van der Waals surface area contributed by atoms with Gasteiger partial charge in [-0.3, -0.25) is 0 Å². The molecule has 4 rings (SSSR count). The number of phenols is 1. The molecule has 1 saturated heterocycles. The Labute approximate surface area is 170 Å². The van der Waals surface area contributed by atoms with Crippen LogP contribution in [-0.2, 0) is 11.2 Å². The molecule has 2 N–H and O–H groups in total. The second kappa shape index (κ2) is 9.15. The van der Waals surface area contributed by atoms with E-state index in [1.54, 1.807) is 0 Å². The molecular weight excluding hydrogens is 348 g/mol. The van der Waals surface area contributed by atoms with Crippen molar-refractivity contribution >= 4 is 0 Å². The molecule has 1 aliphatic carbocycles. The van der Waals surface area contributed by atoms with E-state index in [9.17, 15) is 5.11 Å². The van der Waals surface area contributed by atoms with Crippen molar-refractivity contribution < 1.29 is 9.84 Å². The molecule has 0 bridgehead atoms. The van der Waals surface area contributed by atoms with E-state index in [0.717, 1.165) is 30.0 Å². The molecule has 0 radical (unpaired) electrons. The van der Waals surface area contributed by atoms with Gasteiger partial charge in [-0.05, 0) is 75.7 Å². The third kappa shape index (κ3) is 4.39. The van der Waals surface area contributed by atoms with Crippen LogP contribution in [0.2, 0.25) is 0 Å². The number of hydrogen-bond donors (Lipinski definition) is 2. The Kier molecular flexibility index (Phi) is 6.59. The first kappa shape index (κ1) is 20.2. The molecule has 4 nitrogen and oxygen atoms in total. The quantitative estimate of drug-likeness (QED) is 0.796. The summed E-state index contributed by atoms with van der Waals surface area (Å²) in [7, 11) is 1.98. The van der Waals surface area contributed by atoms with Crippen LogP contribution in [-0.4, -0.2) is 49.3 Å². The summed E-state index contributed by atoms with van der Waals surface area (Å²) >= 11 is 0. The summed E-state index contributed by atoms with van der Waals surface area (Å²) in [5, 5.41) is 14.0. The molecule has 2 aliphatic heterocycles. The minimum atomic E-state index is 0.0468. The summed E-state index contributed by atoms with van der Waals surface area (Å²) in [5.74, 6) is 2.03. The number of aromatic hydroxyl groups is 1. The predicted octanol–water partition coefficient (Wildman–Crippen LogP) is 4.19. The largest absolute Gasteiger partial charge is 0.507 e. The summed E-state index contributed by atoms with van der Waals surface area (Å²) in [6, 6.07) is 4.17. The number of ether oxygens (including phenoxy) is 1. The van der Waals surface area contributed by atoms with Gasteiger partial charge in [0.15, 0.2) is 0 Å². The SMILES string of the molecule is CNC[C@@H]1O[C@H](C2CCN(CC3CCCCC3)CC2)Cc2c1ccc(C)c2O. The van der Waals surface area contributed by atoms with E-state index in [4.69, 9.17) is 4.74 Å². The summed E-state index contributed by atoms with van der Waals surface area (Å²) in [6.45, 7) is 6.53. The van der Waals surface area contributed by atoms with Gasteiger partial charge in [-0.2, -0.15) is 0 Å². The molecule has 156 valence electrons. The second-order valence-electron chi connectivity index (χ2n) is 9.37. The highest BCUT2D eigenvalue weighted by atomic mass is 16.5. The number of likely N-dealkylation sites (tertiary alicyclic amines) is 1. The van der Waals surface area contributed by atoms with Crippen molar-refractivity contribution in [1.82, 2.24) is 10.2 Å². The van der Waals surface area contributed by atoms with Gasteiger partial charge in [-0.25, -0.2) is 0 Å². The standard InChI is InChI=1S/C24H38N2O2/c1-17-8-9-20-21(24(17)27)14-22(28-23(20)15-25-2)19-10-12-26(13-11-19)16-18-6-4-3-5-7-18/h8-9,18-19,22-23,25,27H,3-7,10-16H2,1-2H3/t22-,23-/m0/s1. The van der Waals surface area contributed by atoms with E-state index in [2.05, 4.69) is 16.3 Å². The van der Waals surface area contributed by atoms with E-state index in [1.807, 2.05) is 20.0 Å². The average Bonchev–Trinajstić information content (AvgIpc) is 2.72. The Bertz CT molecular complexity index is 648. The molecule has 0 aromatic heterocycles. The highest BCUT2D eigenvalue weighted by Crippen LogP contribution is 2.40. The van der Waals surface area contributed by atoms with Crippen LogP contribution in [0.3, 0.4) is 0 Å². The number of nitrogens with zero attached hydrogens (tertiary/aromatic N) is 1. The van der Waals surface area contributed by atoms with Gasteiger partial charge in [0.1, 0.15) is 5.75 Å². The Morgan fingerprint density at radius 3 is 2.57 bits per heavy atom. The van der Waals surface area contributed by atoms with Crippen molar-refractivity contribution in [2.45, 2.75) is 70.5 Å². The average molecular weight is 387 g/mol. The first-order valence-electron chi connectivity index (χ1n) is 11.5. The zero-order valence-corrected chi connectivity index (χ0v) is 17.8. The van der Waals surface area contributed by atoms with E-state index < -0.39 is 0 Å². The number of likely N-dealkylation sites (N-methyl/N-ethyl adjacent to an activating group) is 1. The minimum absolute atomic E-state index is 0.0468. The zero-order chi connectivity index (χ0) is 19.5. The van der Waals surface area contributed by atoms with Gasteiger partial charge in [0.25, 0.3) is 0 Å². The molecule has 0 amide bonds. The predicted molar refractivity (Wildman–Crippen MR) is 114 cm³/mol. The van der Waals surface area contributed by atoms with Crippen molar-refractivity contribution in [2.24, 2.45) is 11.8 Å². The number of phenolic OH excluding ortho intramolecular Hbond substituents is 1. The first-order valence-corrected chi connectivity index (χ1v) is 11.5. The molecule has 1 aromatic rings.